The Bertz CT molecular complexity index is 1060. The van der Waals surface area contributed by atoms with Crippen molar-refractivity contribution >= 4 is 5.97 Å². The second-order valence-electron chi connectivity index (χ2n) is 9.73. The molecule has 0 saturated carbocycles. The molecule has 0 aromatic heterocycles. The van der Waals surface area contributed by atoms with Crippen molar-refractivity contribution in [1.82, 2.24) is 4.90 Å². The summed E-state index contributed by atoms with van der Waals surface area (Å²) in [6.45, 7) is 6.48. The highest BCUT2D eigenvalue weighted by atomic mass is 16.5. The first-order valence-electron chi connectivity index (χ1n) is 11.7. The van der Waals surface area contributed by atoms with Crippen molar-refractivity contribution in [2.75, 3.05) is 13.2 Å². The Hall–Kier alpha value is -3.11. The van der Waals surface area contributed by atoms with Crippen molar-refractivity contribution in [3.8, 4) is 5.75 Å². The largest absolute Gasteiger partial charge is 0.494 e. The zero-order valence-corrected chi connectivity index (χ0v) is 19.5. The molecule has 1 N–H and O–H groups in total. The minimum absolute atomic E-state index is 0.117. The lowest BCUT2D eigenvalue weighted by atomic mass is 9.83. The number of fused-ring (bicyclic) bond motifs is 1. The Labute approximate surface area is 196 Å². The van der Waals surface area contributed by atoms with E-state index in [1.165, 1.54) is 5.56 Å². The molecule has 4 rings (SSSR count). The molecular weight excluding hydrogens is 410 g/mol. The molecule has 0 saturated heterocycles. The van der Waals surface area contributed by atoms with Gasteiger partial charge in [-0.05, 0) is 59.1 Å². The van der Waals surface area contributed by atoms with Crippen molar-refractivity contribution in [3.63, 3.8) is 0 Å². The molecule has 0 aliphatic carbocycles. The van der Waals surface area contributed by atoms with Crippen LogP contribution in [0.5, 0.6) is 5.75 Å². The highest BCUT2D eigenvalue weighted by Crippen LogP contribution is 2.34. The maximum atomic E-state index is 12.3. The van der Waals surface area contributed by atoms with Gasteiger partial charge >= 0.3 is 5.97 Å². The normalized spacial score (nSPS) is 16.2. The molecule has 0 bridgehead atoms. The van der Waals surface area contributed by atoms with E-state index in [0.29, 0.717) is 13.2 Å². The maximum absolute atomic E-state index is 12.3. The maximum Gasteiger partial charge on any atom is 0.325 e. The van der Waals surface area contributed by atoms with Gasteiger partial charge in [0.15, 0.2) is 0 Å². The molecule has 3 aromatic carbocycles. The number of hydrogen-bond donors (Lipinski definition) is 1. The van der Waals surface area contributed by atoms with Gasteiger partial charge in [-0.25, -0.2) is 0 Å². The molecule has 0 fully saturated rings. The minimum Gasteiger partial charge on any atom is -0.494 e. The highest BCUT2D eigenvalue weighted by Gasteiger charge is 2.33. The van der Waals surface area contributed by atoms with Crippen LogP contribution in [-0.4, -0.2) is 29.1 Å². The third kappa shape index (κ3) is 6.02. The fraction of sp³-hybridized carbons (Fsp3) is 0.345. The van der Waals surface area contributed by atoms with Gasteiger partial charge in [0.25, 0.3) is 0 Å². The van der Waals surface area contributed by atoms with E-state index in [-0.39, 0.29) is 5.41 Å². The number of ether oxygens (including phenoxy) is 1. The molecule has 33 heavy (non-hydrogen) atoms. The summed E-state index contributed by atoms with van der Waals surface area (Å²) in [4.78, 5) is 14.3. The van der Waals surface area contributed by atoms with Gasteiger partial charge in [0.05, 0.1) is 6.61 Å². The van der Waals surface area contributed by atoms with Crippen molar-refractivity contribution in [2.45, 2.75) is 45.7 Å². The molecule has 1 unspecified atom stereocenters. The molecule has 0 spiro atoms. The molecular formula is C29H33NO3. The number of carbonyl (C=O) groups is 1. The lowest BCUT2D eigenvalue weighted by Crippen LogP contribution is -2.39. The first kappa shape index (κ1) is 23.1. The Morgan fingerprint density at radius 1 is 1.00 bits per heavy atom. The second-order valence-corrected chi connectivity index (χ2v) is 9.73. The number of carboxylic acid groups (broad SMARTS) is 1. The van der Waals surface area contributed by atoms with Gasteiger partial charge in [0.2, 0.25) is 0 Å². The zero-order chi connectivity index (χ0) is 23.3. The van der Waals surface area contributed by atoms with Gasteiger partial charge in [-0.2, -0.15) is 0 Å². The van der Waals surface area contributed by atoms with E-state index < -0.39 is 12.0 Å². The number of benzene rings is 3. The first-order chi connectivity index (χ1) is 15.9. The van der Waals surface area contributed by atoms with Crippen LogP contribution in [0.4, 0.5) is 0 Å². The molecule has 4 nitrogen and oxygen atoms in total. The summed E-state index contributed by atoms with van der Waals surface area (Å²) in [5, 5.41) is 10.1. The summed E-state index contributed by atoms with van der Waals surface area (Å²) in [6.07, 6.45) is 2.76. The van der Waals surface area contributed by atoms with Gasteiger partial charge in [-0.1, -0.05) is 80.6 Å². The van der Waals surface area contributed by atoms with E-state index >= 15 is 0 Å². The van der Waals surface area contributed by atoms with Crippen LogP contribution < -0.4 is 4.74 Å². The van der Waals surface area contributed by atoms with Crippen molar-refractivity contribution in [1.29, 1.82) is 0 Å². The van der Waals surface area contributed by atoms with Crippen LogP contribution in [0.1, 0.15) is 48.6 Å². The summed E-state index contributed by atoms with van der Waals surface area (Å²) in [7, 11) is 0. The first-order valence-corrected chi connectivity index (χ1v) is 11.7. The smallest absolute Gasteiger partial charge is 0.325 e. The summed E-state index contributed by atoms with van der Waals surface area (Å²) in [5.41, 5.74) is 4.53. The average molecular weight is 444 g/mol. The second kappa shape index (κ2) is 10.2. The van der Waals surface area contributed by atoms with Gasteiger partial charge in [0.1, 0.15) is 11.8 Å². The van der Waals surface area contributed by atoms with Gasteiger partial charge < -0.3 is 9.84 Å². The predicted molar refractivity (Wildman–Crippen MR) is 131 cm³/mol. The Balaban J connectivity index is 1.43. The lowest BCUT2D eigenvalue weighted by Gasteiger charge is -2.35. The van der Waals surface area contributed by atoms with Crippen molar-refractivity contribution in [2.24, 2.45) is 5.41 Å². The standard InChI is InChI=1S/C29H33NO3/c1-29(2,20-22-9-5-3-6-10-22)16-18-33-25-14-13-24-15-17-30(21-23-11-7-4-8-12-23)27(28(31)32)26(24)19-25/h3-14,19,27H,15-18,20-21H2,1-2H3,(H,31,32). The van der Waals surface area contributed by atoms with Crippen LogP contribution >= 0.6 is 0 Å². The molecule has 0 radical (unpaired) electrons. The third-order valence-corrected chi connectivity index (χ3v) is 6.48. The SMILES string of the molecule is CC(C)(CCOc1ccc2c(c1)C(C(=O)O)N(Cc1ccccc1)CC2)Cc1ccccc1. The highest BCUT2D eigenvalue weighted by molar-refractivity contribution is 5.77. The van der Waals surface area contributed by atoms with Crippen molar-refractivity contribution < 1.29 is 14.6 Å². The van der Waals surface area contributed by atoms with Crippen LogP contribution in [0, 0.1) is 5.41 Å². The fourth-order valence-electron chi connectivity index (χ4n) is 4.69. The summed E-state index contributed by atoms with van der Waals surface area (Å²) in [6, 6.07) is 25.9. The van der Waals surface area contributed by atoms with Crippen LogP contribution in [0.2, 0.25) is 0 Å². The molecule has 1 aliphatic heterocycles. The van der Waals surface area contributed by atoms with Gasteiger partial charge in [-0.15, -0.1) is 0 Å². The quantitative estimate of drug-likeness (QED) is 0.447. The summed E-state index contributed by atoms with van der Waals surface area (Å²) in [5.74, 6) is -0.0647. The van der Waals surface area contributed by atoms with Crippen LogP contribution in [0.15, 0.2) is 78.9 Å². The number of carboxylic acids is 1. The zero-order valence-electron chi connectivity index (χ0n) is 19.5. The number of rotatable bonds is 9. The van der Waals surface area contributed by atoms with E-state index in [1.54, 1.807) is 0 Å². The summed E-state index contributed by atoms with van der Waals surface area (Å²) >= 11 is 0. The molecule has 0 amide bonds. The van der Waals surface area contributed by atoms with Crippen LogP contribution in [0.3, 0.4) is 0 Å². The minimum atomic E-state index is -0.812. The topological polar surface area (TPSA) is 49.8 Å². The number of nitrogens with zero attached hydrogens (tertiary/aromatic N) is 1. The molecule has 172 valence electrons. The van der Waals surface area contributed by atoms with Gasteiger partial charge in [-0.3, -0.25) is 9.69 Å². The van der Waals surface area contributed by atoms with E-state index in [1.807, 2.05) is 59.5 Å². The van der Waals surface area contributed by atoms with E-state index in [2.05, 4.69) is 38.1 Å². The van der Waals surface area contributed by atoms with E-state index in [4.69, 9.17) is 4.74 Å². The molecule has 1 atom stereocenters. The van der Waals surface area contributed by atoms with Crippen LogP contribution in [0.25, 0.3) is 0 Å². The number of hydrogen-bond acceptors (Lipinski definition) is 3. The molecule has 3 aromatic rings. The Kier molecular flexibility index (Phi) is 7.14. The lowest BCUT2D eigenvalue weighted by molar-refractivity contribution is -0.144. The molecule has 4 heteroatoms. The Morgan fingerprint density at radius 3 is 2.33 bits per heavy atom. The monoisotopic (exact) mass is 443 g/mol. The third-order valence-electron chi connectivity index (χ3n) is 6.48. The van der Waals surface area contributed by atoms with Crippen molar-refractivity contribution in [3.05, 3.63) is 101 Å². The fourth-order valence-corrected chi connectivity index (χ4v) is 4.69. The van der Waals surface area contributed by atoms with Crippen LogP contribution in [-0.2, 0) is 24.2 Å². The van der Waals surface area contributed by atoms with E-state index in [0.717, 1.165) is 48.2 Å². The molecule has 1 heterocycles. The predicted octanol–water partition coefficient (Wildman–Crippen LogP) is 5.91. The number of aliphatic carboxylic acids is 1. The van der Waals surface area contributed by atoms with Gasteiger partial charge in [0, 0.05) is 13.1 Å². The summed E-state index contributed by atoms with van der Waals surface area (Å²) < 4.78 is 6.12. The average Bonchev–Trinajstić information content (AvgIpc) is 2.79. The Morgan fingerprint density at radius 2 is 1.67 bits per heavy atom. The van der Waals surface area contributed by atoms with E-state index in [9.17, 15) is 9.90 Å². The molecule has 1 aliphatic rings.